The Bertz CT molecular complexity index is 512. The monoisotopic (exact) mass is 364 g/mol. The molecule has 1 atom stereocenters. The molecule has 2 rings (SSSR count). The lowest BCUT2D eigenvalue weighted by Gasteiger charge is -2.10. The van der Waals surface area contributed by atoms with Crippen LogP contribution in [0.1, 0.15) is 16.5 Å². The summed E-state index contributed by atoms with van der Waals surface area (Å²) >= 11 is 7.95. The average molecular weight is 366 g/mol. The van der Waals surface area contributed by atoms with Gasteiger partial charge in [0.2, 0.25) is 0 Å². The molecule has 5 heteroatoms. The molecule has 1 aromatic carbocycles. The smallest absolute Gasteiger partial charge is 0.129 e. The topological polar surface area (TPSA) is 20.2 Å². The second-order valence-corrected chi connectivity index (χ2v) is 6.01. The van der Waals surface area contributed by atoms with Crippen molar-refractivity contribution in [2.24, 2.45) is 0 Å². The lowest BCUT2D eigenvalue weighted by Crippen LogP contribution is -2.00. The van der Waals surface area contributed by atoms with Gasteiger partial charge in [0.15, 0.2) is 0 Å². The van der Waals surface area contributed by atoms with Crippen molar-refractivity contribution in [3.8, 4) is 0 Å². The second kappa shape index (κ2) is 4.96. The van der Waals surface area contributed by atoms with Gasteiger partial charge in [0.05, 0.1) is 0 Å². The highest BCUT2D eigenvalue weighted by atomic mass is 79.9. The molecule has 84 valence electrons. The van der Waals surface area contributed by atoms with Gasteiger partial charge in [-0.05, 0) is 40.2 Å². The van der Waals surface area contributed by atoms with Gasteiger partial charge in [-0.25, -0.2) is 4.39 Å². The molecule has 1 N–H and O–H groups in total. The maximum atomic E-state index is 13.5. The standard InChI is InChI=1S/C11H7Br2FOS/c12-6-1-2-9(14)8(3-6)11(15)10-4-7(13)5-16-10/h1-5,11,15H. The van der Waals surface area contributed by atoms with Crippen molar-refractivity contribution < 1.29 is 9.50 Å². The molecule has 0 amide bonds. The molecule has 2 aromatic rings. The maximum Gasteiger partial charge on any atom is 0.129 e. The van der Waals surface area contributed by atoms with Gasteiger partial charge in [-0.3, -0.25) is 0 Å². The number of rotatable bonds is 2. The van der Waals surface area contributed by atoms with Crippen LogP contribution in [-0.2, 0) is 0 Å². The Kier molecular flexibility index (Phi) is 3.79. The van der Waals surface area contributed by atoms with Crippen LogP contribution in [0.5, 0.6) is 0 Å². The Morgan fingerprint density at radius 3 is 2.56 bits per heavy atom. The van der Waals surface area contributed by atoms with Crippen LogP contribution in [0, 0.1) is 5.82 Å². The van der Waals surface area contributed by atoms with E-state index in [1.807, 2.05) is 5.38 Å². The average Bonchev–Trinajstić information content (AvgIpc) is 2.67. The van der Waals surface area contributed by atoms with Crippen molar-refractivity contribution in [3.63, 3.8) is 0 Å². The Morgan fingerprint density at radius 1 is 1.19 bits per heavy atom. The van der Waals surface area contributed by atoms with Crippen LogP contribution in [-0.4, -0.2) is 5.11 Å². The molecule has 0 spiro atoms. The molecule has 1 unspecified atom stereocenters. The van der Waals surface area contributed by atoms with Crippen LogP contribution in [0.25, 0.3) is 0 Å². The Hall–Kier alpha value is -0.230. The van der Waals surface area contributed by atoms with Crippen LogP contribution in [0.4, 0.5) is 4.39 Å². The zero-order chi connectivity index (χ0) is 11.7. The first-order valence-corrected chi connectivity index (χ1v) is 6.91. The minimum absolute atomic E-state index is 0.281. The zero-order valence-electron chi connectivity index (χ0n) is 7.95. The van der Waals surface area contributed by atoms with E-state index in [1.54, 1.807) is 18.2 Å². The fraction of sp³-hybridized carbons (Fsp3) is 0.0909. The van der Waals surface area contributed by atoms with Gasteiger partial charge >= 0.3 is 0 Å². The molecule has 0 fully saturated rings. The van der Waals surface area contributed by atoms with Crippen LogP contribution < -0.4 is 0 Å². The fourth-order valence-corrected chi connectivity index (χ4v) is 3.17. The van der Waals surface area contributed by atoms with E-state index in [1.165, 1.54) is 17.4 Å². The van der Waals surface area contributed by atoms with E-state index in [9.17, 15) is 9.50 Å². The number of benzene rings is 1. The number of thiophene rings is 1. The van der Waals surface area contributed by atoms with Gasteiger partial charge in [-0.1, -0.05) is 15.9 Å². The van der Waals surface area contributed by atoms with E-state index in [2.05, 4.69) is 31.9 Å². The maximum absolute atomic E-state index is 13.5. The van der Waals surface area contributed by atoms with Crippen LogP contribution in [0.15, 0.2) is 38.6 Å². The third-order valence-electron chi connectivity index (χ3n) is 2.11. The molecule has 0 radical (unpaired) electrons. The molecule has 0 saturated heterocycles. The molecule has 0 aliphatic rings. The van der Waals surface area contributed by atoms with E-state index in [4.69, 9.17) is 0 Å². The predicted octanol–water partition coefficient (Wildman–Crippen LogP) is 4.49. The van der Waals surface area contributed by atoms with Gasteiger partial charge in [0.1, 0.15) is 11.9 Å². The lowest BCUT2D eigenvalue weighted by molar-refractivity contribution is 0.218. The van der Waals surface area contributed by atoms with Crippen molar-refractivity contribution in [1.82, 2.24) is 0 Å². The highest BCUT2D eigenvalue weighted by molar-refractivity contribution is 9.10. The molecule has 0 aliphatic carbocycles. The van der Waals surface area contributed by atoms with Gasteiger partial charge in [-0.2, -0.15) is 0 Å². The largest absolute Gasteiger partial charge is 0.383 e. The summed E-state index contributed by atoms with van der Waals surface area (Å²) in [6.45, 7) is 0. The molecule has 1 aromatic heterocycles. The molecule has 0 saturated carbocycles. The third-order valence-corrected chi connectivity index (χ3v) is 4.35. The second-order valence-electron chi connectivity index (χ2n) is 3.24. The van der Waals surface area contributed by atoms with E-state index in [0.29, 0.717) is 4.88 Å². The Balaban J connectivity index is 2.40. The zero-order valence-corrected chi connectivity index (χ0v) is 11.9. The molecule has 0 bridgehead atoms. The number of hydrogen-bond acceptors (Lipinski definition) is 2. The molecule has 1 nitrogen and oxygen atoms in total. The molecule has 0 aliphatic heterocycles. The van der Waals surface area contributed by atoms with Gasteiger partial charge in [0.25, 0.3) is 0 Å². The van der Waals surface area contributed by atoms with E-state index >= 15 is 0 Å². The lowest BCUT2D eigenvalue weighted by atomic mass is 10.1. The van der Waals surface area contributed by atoms with Crippen molar-refractivity contribution >= 4 is 43.2 Å². The van der Waals surface area contributed by atoms with E-state index in [-0.39, 0.29) is 5.56 Å². The van der Waals surface area contributed by atoms with E-state index in [0.717, 1.165) is 8.95 Å². The van der Waals surface area contributed by atoms with Crippen LogP contribution in [0.3, 0.4) is 0 Å². The SMILES string of the molecule is OC(c1cc(Br)cs1)c1cc(Br)ccc1F. The number of aliphatic hydroxyl groups excluding tert-OH is 1. The van der Waals surface area contributed by atoms with Crippen molar-refractivity contribution in [2.45, 2.75) is 6.10 Å². The number of hydrogen-bond donors (Lipinski definition) is 1. The first-order valence-electron chi connectivity index (χ1n) is 4.45. The summed E-state index contributed by atoms with van der Waals surface area (Å²) in [7, 11) is 0. The molecule has 16 heavy (non-hydrogen) atoms. The Morgan fingerprint density at radius 2 is 1.94 bits per heavy atom. The number of aliphatic hydroxyl groups is 1. The quantitative estimate of drug-likeness (QED) is 0.831. The number of halogens is 3. The fourth-order valence-electron chi connectivity index (χ4n) is 1.35. The van der Waals surface area contributed by atoms with Gasteiger partial charge < -0.3 is 5.11 Å². The summed E-state index contributed by atoms with van der Waals surface area (Å²) in [5, 5.41) is 11.9. The summed E-state index contributed by atoms with van der Waals surface area (Å²) in [5.74, 6) is -0.403. The summed E-state index contributed by atoms with van der Waals surface area (Å²) in [6.07, 6.45) is -0.922. The van der Waals surface area contributed by atoms with Gasteiger partial charge in [0, 0.05) is 24.8 Å². The normalized spacial score (nSPS) is 12.8. The van der Waals surface area contributed by atoms with E-state index < -0.39 is 11.9 Å². The van der Waals surface area contributed by atoms with Crippen molar-refractivity contribution in [2.75, 3.05) is 0 Å². The molecular weight excluding hydrogens is 359 g/mol. The van der Waals surface area contributed by atoms with Crippen LogP contribution in [0.2, 0.25) is 0 Å². The van der Waals surface area contributed by atoms with Crippen molar-refractivity contribution in [1.29, 1.82) is 0 Å². The highest BCUT2D eigenvalue weighted by Crippen LogP contribution is 2.32. The predicted molar refractivity (Wildman–Crippen MR) is 70.2 cm³/mol. The summed E-state index contributed by atoms with van der Waals surface area (Å²) in [5.41, 5.74) is 0.281. The van der Waals surface area contributed by atoms with Crippen LogP contribution >= 0.6 is 43.2 Å². The summed E-state index contributed by atoms with van der Waals surface area (Å²) in [6, 6.07) is 6.32. The first kappa shape index (κ1) is 12.2. The summed E-state index contributed by atoms with van der Waals surface area (Å²) in [4.78, 5) is 0.712. The Labute approximate surface area is 113 Å². The minimum Gasteiger partial charge on any atom is -0.383 e. The van der Waals surface area contributed by atoms with Gasteiger partial charge in [-0.15, -0.1) is 11.3 Å². The first-order chi connectivity index (χ1) is 7.58. The third kappa shape index (κ3) is 2.53. The minimum atomic E-state index is -0.922. The van der Waals surface area contributed by atoms with Crippen molar-refractivity contribution in [3.05, 3.63) is 54.8 Å². The molecule has 1 heterocycles. The molecular formula is C11H7Br2FOS. The summed E-state index contributed by atoms with van der Waals surface area (Å²) < 4.78 is 15.2. The highest BCUT2D eigenvalue weighted by Gasteiger charge is 2.16.